The van der Waals surface area contributed by atoms with Crippen molar-refractivity contribution in [2.75, 3.05) is 39.4 Å². The van der Waals surface area contributed by atoms with Gasteiger partial charge in [0.2, 0.25) is 5.91 Å². The quantitative estimate of drug-likeness (QED) is 0.579. The number of hydrogen-bond acceptors (Lipinski definition) is 3. The summed E-state index contributed by atoms with van der Waals surface area (Å²) in [6, 6.07) is 0.299. The molecule has 6 heteroatoms. The van der Waals surface area contributed by atoms with Crippen molar-refractivity contribution < 1.29 is 9.53 Å². The fraction of sp³-hybridized carbons (Fsp3) is 0.900. The minimum atomic E-state index is 0.154. The molecule has 0 spiro atoms. The van der Waals surface area contributed by atoms with Crippen LogP contribution in [0.5, 0.6) is 0 Å². The maximum Gasteiger partial charge on any atom is 0.225 e. The van der Waals surface area contributed by atoms with Crippen LogP contribution in [0.3, 0.4) is 0 Å². The van der Waals surface area contributed by atoms with Crippen LogP contribution in [0.2, 0.25) is 0 Å². The number of nitrogens with one attached hydrogen (secondary N) is 2. The van der Waals surface area contributed by atoms with Crippen LogP contribution in [0.25, 0.3) is 0 Å². The van der Waals surface area contributed by atoms with Crippen molar-refractivity contribution in [3.63, 3.8) is 0 Å². The Hall–Kier alpha value is -1.30. The number of nitrogens with zero attached hydrogens (tertiary/aromatic N) is 2. The fourth-order valence-electron chi connectivity index (χ4n) is 4.30. The fourth-order valence-corrected chi connectivity index (χ4v) is 4.30. The Morgan fingerprint density at radius 2 is 2.08 bits per heavy atom. The van der Waals surface area contributed by atoms with Gasteiger partial charge in [0.05, 0.1) is 13.2 Å². The van der Waals surface area contributed by atoms with Crippen LogP contribution in [0.1, 0.15) is 58.8 Å². The highest BCUT2D eigenvalue weighted by molar-refractivity contribution is 5.81. The maximum atomic E-state index is 12.7. The predicted octanol–water partition coefficient (Wildman–Crippen LogP) is 2.15. The molecule has 3 aliphatic rings. The molecule has 6 nitrogen and oxygen atoms in total. The summed E-state index contributed by atoms with van der Waals surface area (Å²) in [4.78, 5) is 19.6. The lowest BCUT2D eigenvalue weighted by Gasteiger charge is -2.26. The van der Waals surface area contributed by atoms with E-state index in [4.69, 9.17) is 9.73 Å². The molecule has 2 aliphatic heterocycles. The summed E-state index contributed by atoms with van der Waals surface area (Å²) in [5.41, 5.74) is 0.154. The largest absolute Gasteiger partial charge is 0.381 e. The molecule has 2 unspecified atom stereocenters. The predicted molar refractivity (Wildman–Crippen MR) is 104 cm³/mol. The van der Waals surface area contributed by atoms with Gasteiger partial charge in [0.1, 0.15) is 0 Å². The first kappa shape index (κ1) is 19.5. The molecule has 2 N–H and O–H groups in total. The molecular formula is C20H36N4O2. The third-order valence-electron chi connectivity index (χ3n) is 6.06. The lowest BCUT2D eigenvalue weighted by molar-refractivity contribution is -0.135. The Balaban J connectivity index is 1.50. The lowest BCUT2D eigenvalue weighted by Crippen LogP contribution is -2.46. The zero-order chi connectivity index (χ0) is 18.4. The van der Waals surface area contributed by atoms with E-state index in [2.05, 4.69) is 29.4 Å². The molecule has 2 atom stereocenters. The molecule has 1 amide bonds. The van der Waals surface area contributed by atoms with Crippen LogP contribution in [0, 0.1) is 11.3 Å². The van der Waals surface area contributed by atoms with Gasteiger partial charge in [-0.05, 0) is 32.6 Å². The molecule has 148 valence electrons. The second-order valence-corrected chi connectivity index (χ2v) is 8.56. The Kier molecular flexibility index (Phi) is 6.79. The molecule has 3 fully saturated rings. The van der Waals surface area contributed by atoms with Gasteiger partial charge in [-0.3, -0.25) is 9.79 Å². The SMILES string of the molecule is CCNC(=NCC1(C)CCOC1)NC1CCN(C(=O)C2CCCCC2)C1. The highest BCUT2D eigenvalue weighted by atomic mass is 16.5. The molecule has 26 heavy (non-hydrogen) atoms. The van der Waals surface area contributed by atoms with E-state index in [1.54, 1.807) is 0 Å². The van der Waals surface area contributed by atoms with E-state index in [9.17, 15) is 4.79 Å². The van der Waals surface area contributed by atoms with Crippen molar-refractivity contribution in [3.8, 4) is 0 Å². The third-order valence-corrected chi connectivity index (χ3v) is 6.06. The van der Waals surface area contributed by atoms with Gasteiger partial charge in [-0.1, -0.05) is 26.2 Å². The van der Waals surface area contributed by atoms with Gasteiger partial charge in [-0.15, -0.1) is 0 Å². The van der Waals surface area contributed by atoms with Crippen molar-refractivity contribution >= 4 is 11.9 Å². The molecule has 0 bridgehead atoms. The first-order valence-corrected chi connectivity index (χ1v) is 10.5. The van der Waals surface area contributed by atoms with Gasteiger partial charge in [0.25, 0.3) is 0 Å². The summed E-state index contributed by atoms with van der Waals surface area (Å²) >= 11 is 0. The number of ether oxygens (including phenoxy) is 1. The summed E-state index contributed by atoms with van der Waals surface area (Å²) in [6.45, 7) is 9.27. The average Bonchev–Trinajstić information content (AvgIpc) is 3.30. The van der Waals surface area contributed by atoms with Crippen molar-refractivity contribution in [1.29, 1.82) is 0 Å². The van der Waals surface area contributed by atoms with E-state index in [1.807, 2.05) is 0 Å². The van der Waals surface area contributed by atoms with Gasteiger partial charge >= 0.3 is 0 Å². The van der Waals surface area contributed by atoms with Crippen LogP contribution < -0.4 is 10.6 Å². The van der Waals surface area contributed by atoms with Gasteiger partial charge < -0.3 is 20.3 Å². The van der Waals surface area contributed by atoms with Crippen LogP contribution >= 0.6 is 0 Å². The molecule has 0 aromatic rings. The van der Waals surface area contributed by atoms with E-state index in [0.717, 1.165) is 71.0 Å². The van der Waals surface area contributed by atoms with Gasteiger partial charge in [0.15, 0.2) is 5.96 Å². The number of amides is 1. The Morgan fingerprint density at radius 1 is 1.27 bits per heavy atom. The number of guanidine groups is 1. The molecule has 2 heterocycles. The minimum Gasteiger partial charge on any atom is -0.381 e. The standard InChI is InChI=1S/C20H36N4O2/c1-3-21-19(22-14-20(2)10-12-26-15-20)23-17-9-11-24(13-17)18(25)16-7-5-4-6-8-16/h16-17H,3-15H2,1-2H3,(H2,21,22,23). The second-order valence-electron chi connectivity index (χ2n) is 8.56. The Labute approximate surface area is 158 Å². The highest BCUT2D eigenvalue weighted by Crippen LogP contribution is 2.28. The molecule has 3 rings (SSSR count). The normalized spacial score (nSPS) is 30.6. The van der Waals surface area contributed by atoms with Crippen LogP contribution in [0.4, 0.5) is 0 Å². The van der Waals surface area contributed by atoms with Crippen LogP contribution in [-0.4, -0.2) is 62.2 Å². The highest BCUT2D eigenvalue weighted by Gasteiger charge is 2.32. The first-order valence-electron chi connectivity index (χ1n) is 10.5. The van der Waals surface area contributed by atoms with Crippen molar-refractivity contribution in [2.24, 2.45) is 16.3 Å². The number of hydrogen-bond donors (Lipinski definition) is 2. The van der Waals surface area contributed by atoms with Gasteiger partial charge in [0, 0.05) is 43.6 Å². The summed E-state index contributed by atoms with van der Waals surface area (Å²) in [5, 5.41) is 6.90. The number of rotatable bonds is 5. The van der Waals surface area contributed by atoms with Crippen LogP contribution in [-0.2, 0) is 9.53 Å². The molecule has 2 saturated heterocycles. The summed E-state index contributed by atoms with van der Waals surface area (Å²) < 4.78 is 5.53. The zero-order valence-corrected chi connectivity index (χ0v) is 16.6. The molecular weight excluding hydrogens is 328 g/mol. The van der Waals surface area contributed by atoms with Gasteiger partial charge in [-0.2, -0.15) is 0 Å². The first-order chi connectivity index (χ1) is 12.6. The van der Waals surface area contributed by atoms with Crippen LogP contribution in [0.15, 0.2) is 4.99 Å². The second kappa shape index (κ2) is 9.07. The maximum absolute atomic E-state index is 12.7. The minimum absolute atomic E-state index is 0.154. The summed E-state index contributed by atoms with van der Waals surface area (Å²) in [5.74, 6) is 1.52. The van der Waals surface area contributed by atoms with E-state index in [1.165, 1.54) is 19.3 Å². The zero-order valence-electron chi connectivity index (χ0n) is 16.6. The monoisotopic (exact) mass is 364 g/mol. The van der Waals surface area contributed by atoms with E-state index >= 15 is 0 Å². The van der Waals surface area contributed by atoms with Gasteiger partial charge in [-0.25, -0.2) is 0 Å². The van der Waals surface area contributed by atoms with Crippen molar-refractivity contribution in [2.45, 2.75) is 64.8 Å². The molecule has 0 radical (unpaired) electrons. The number of likely N-dealkylation sites (tertiary alicyclic amines) is 1. The van der Waals surface area contributed by atoms with E-state index in [0.29, 0.717) is 11.9 Å². The number of aliphatic imine (C=N–C) groups is 1. The summed E-state index contributed by atoms with van der Waals surface area (Å²) in [6.07, 6.45) is 7.96. The Morgan fingerprint density at radius 3 is 2.77 bits per heavy atom. The van der Waals surface area contributed by atoms with E-state index < -0.39 is 0 Å². The molecule has 1 saturated carbocycles. The van der Waals surface area contributed by atoms with E-state index in [-0.39, 0.29) is 11.3 Å². The molecule has 0 aromatic carbocycles. The third kappa shape index (κ3) is 5.12. The lowest BCUT2D eigenvalue weighted by atomic mass is 9.88. The smallest absolute Gasteiger partial charge is 0.225 e. The summed E-state index contributed by atoms with van der Waals surface area (Å²) in [7, 11) is 0. The number of carbonyl (C=O) groups is 1. The topological polar surface area (TPSA) is 66.0 Å². The Bertz CT molecular complexity index is 496. The molecule has 1 aliphatic carbocycles. The van der Waals surface area contributed by atoms with Crippen molar-refractivity contribution in [1.82, 2.24) is 15.5 Å². The molecule has 0 aromatic heterocycles. The average molecular weight is 365 g/mol. The van der Waals surface area contributed by atoms with Crippen molar-refractivity contribution in [3.05, 3.63) is 0 Å². The number of carbonyl (C=O) groups excluding carboxylic acids is 1.